The summed E-state index contributed by atoms with van der Waals surface area (Å²) >= 11 is 5.97. The van der Waals surface area contributed by atoms with Crippen molar-refractivity contribution in [2.75, 3.05) is 24.9 Å². The highest BCUT2D eigenvalue weighted by Crippen LogP contribution is 2.26. The van der Waals surface area contributed by atoms with E-state index in [0.717, 1.165) is 0 Å². The van der Waals surface area contributed by atoms with Gasteiger partial charge in [-0.05, 0) is 37.4 Å². The summed E-state index contributed by atoms with van der Waals surface area (Å²) in [5.74, 6) is 0.552. The Bertz CT molecular complexity index is 863. The van der Waals surface area contributed by atoms with E-state index in [4.69, 9.17) is 21.6 Å². The first-order valence-corrected chi connectivity index (χ1v) is 8.92. The van der Waals surface area contributed by atoms with E-state index in [2.05, 4.69) is 10.0 Å². The fourth-order valence-corrected chi connectivity index (χ4v) is 3.51. The summed E-state index contributed by atoms with van der Waals surface area (Å²) < 4.78 is 32.9. The van der Waals surface area contributed by atoms with E-state index < -0.39 is 10.0 Å². The van der Waals surface area contributed by atoms with E-state index in [1.54, 1.807) is 24.3 Å². The molecule has 0 aromatic heterocycles. The molecule has 0 fully saturated rings. The molecule has 2 rings (SSSR count). The summed E-state index contributed by atoms with van der Waals surface area (Å²) in [5.41, 5.74) is 0.649. The standard InChI is InChI=1S/C16H16ClN3O3S/c1-19-7-8-23-14-4-2-3-13(10-14)20-24(21,22)16-6-5-12(11-18)9-15(16)17/h2-6,9-10,19-20H,7-8H2,1H3. The Morgan fingerprint density at radius 1 is 1.25 bits per heavy atom. The van der Waals surface area contributed by atoms with E-state index in [9.17, 15) is 8.42 Å². The molecule has 2 aromatic rings. The molecule has 6 nitrogen and oxygen atoms in total. The lowest BCUT2D eigenvalue weighted by atomic mass is 10.2. The minimum Gasteiger partial charge on any atom is -0.492 e. The first kappa shape index (κ1) is 18.1. The van der Waals surface area contributed by atoms with Crippen molar-refractivity contribution in [1.82, 2.24) is 5.32 Å². The molecule has 8 heteroatoms. The first-order chi connectivity index (χ1) is 11.5. The molecule has 0 aliphatic rings. The van der Waals surface area contributed by atoms with E-state index in [-0.39, 0.29) is 9.92 Å². The molecule has 0 radical (unpaired) electrons. The topological polar surface area (TPSA) is 91.2 Å². The Kier molecular flexibility index (Phi) is 6.04. The Labute approximate surface area is 146 Å². The van der Waals surface area contributed by atoms with Crippen molar-refractivity contribution in [2.45, 2.75) is 4.90 Å². The average molecular weight is 366 g/mol. The van der Waals surface area contributed by atoms with Crippen molar-refractivity contribution in [3.8, 4) is 11.8 Å². The molecule has 0 bridgehead atoms. The molecule has 126 valence electrons. The summed E-state index contributed by atoms with van der Waals surface area (Å²) in [6.45, 7) is 1.14. The third-order valence-electron chi connectivity index (χ3n) is 3.06. The maximum absolute atomic E-state index is 12.5. The van der Waals surface area contributed by atoms with Crippen LogP contribution in [0.4, 0.5) is 5.69 Å². The number of sulfonamides is 1. The van der Waals surface area contributed by atoms with Crippen LogP contribution in [0.2, 0.25) is 5.02 Å². The van der Waals surface area contributed by atoms with Gasteiger partial charge in [-0.2, -0.15) is 5.26 Å². The quantitative estimate of drug-likeness (QED) is 0.736. The number of likely N-dealkylation sites (N-methyl/N-ethyl adjacent to an activating group) is 1. The van der Waals surface area contributed by atoms with E-state index in [1.807, 2.05) is 13.1 Å². The van der Waals surface area contributed by atoms with Crippen molar-refractivity contribution in [1.29, 1.82) is 5.26 Å². The lowest BCUT2D eigenvalue weighted by Crippen LogP contribution is -2.16. The van der Waals surface area contributed by atoms with Gasteiger partial charge in [0, 0.05) is 12.6 Å². The number of rotatable bonds is 7. The number of nitrogens with one attached hydrogen (secondary N) is 2. The minimum atomic E-state index is -3.87. The SMILES string of the molecule is CNCCOc1cccc(NS(=O)(=O)c2ccc(C#N)cc2Cl)c1. The van der Waals surface area contributed by atoms with Crippen LogP contribution in [-0.4, -0.2) is 28.6 Å². The van der Waals surface area contributed by atoms with Gasteiger partial charge in [-0.1, -0.05) is 17.7 Å². The van der Waals surface area contributed by atoms with Gasteiger partial charge in [0.25, 0.3) is 10.0 Å². The Hall–Kier alpha value is -2.27. The molecule has 0 amide bonds. The van der Waals surface area contributed by atoms with Gasteiger partial charge in [-0.25, -0.2) is 8.42 Å². The third kappa shape index (κ3) is 4.61. The van der Waals surface area contributed by atoms with Gasteiger partial charge in [0.15, 0.2) is 0 Å². The molecule has 0 aliphatic heterocycles. The zero-order valence-corrected chi connectivity index (χ0v) is 14.5. The minimum absolute atomic E-state index is 0.0111. The second-order valence-corrected chi connectivity index (χ2v) is 6.90. The second-order valence-electron chi connectivity index (χ2n) is 4.84. The fraction of sp³-hybridized carbons (Fsp3) is 0.188. The highest BCUT2D eigenvalue weighted by atomic mass is 35.5. The molecule has 0 aliphatic carbocycles. The van der Waals surface area contributed by atoms with Gasteiger partial charge in [-0.3, -0.25) is 4.72 Å². The summed E-state index contributed by atoms with van der Waals surface area (Å²) in [5, 5.41) is 11.8. The van der Waals surface area contributed by atoms with Gasteiger partial charge in [-0.15, -0.1) is 0 Å². The van der Waals surface area contributed by atoms with Crippen molar-refractivity contribution in [2.24, 2.45) is 0 Å². The van der Waals surface area contributed by atoms with Gasteiger partial charge in [0.2, 0.25) is 0 Å². The third-order valence-corrected chi connectivity index (χ3v) is 4.92. The van der Waals surface area contributed by atoms with Crippen LogP contribution in [0.1, 0.15) is 5.56 Å². The van der Waals surface area contributed by atoms with Gasteiger partial charge in [0.05, 0.1) is 22.3 Å². The van der Waals surface area contributed by atoms with Crippen LogP contribution in [-0.2, 0) is 10.0 Å². The summed E-state index contributed by atoms with van der Waals surface area (Å²) in [4.78, 5) is -0.0929. The van der Waals surface area contributed by atoms with Crippen molar-refractivity contribution in [3.05, 3.63) is 53.1 Å². The summed E-state index contributed by atoms with van der Waals surface area (Å²) in [6, 6.07) is 12.5. The average Bonchev–Trinajstić information content (AvgIpc) is 2.54. The Balaban J connectivity index is 2.20. The molecule has 0 saturated carbocycles. The van der Waals surface area contributed by atoms with Crippen LogP contribution in [0.3, 0.4) is 0 Å². The number of benzene rings is 2. The number of nitrogens with zero attached hydrogens (tertiary/aromatic N) is 1. The summed E-state index contributed by atoms with van der Waals surface area (Å²) in [6.07, 6.45) is 0. The fourth-order valence-electron chi connectivity index (χ4n) is 1.92. The molecule has 0 saturated heterocycles. The normalized spacial score (nSPS) is 10.9. The molecule has 2 N–H and O–H groups in total. The van der Waals surface area contributed by atoms with E-state index in [0.29, 0.717) is 30.2 Å². The van der Waals surface area contributed by atoms with Crippen LogP contribution in [0.25, 0.3) is 0 Å². The smallest absolute Gasteiger partial charge is 0.263 e. The number of ether oxygens (including phenoxy) is 1. The monoisotopic (exact) mass is 365 g/mol. The lowest BCUT2D eigenvalue weighted by molar-refractivity contribution is 0.318. The maximum atomic E-state index is 12.5. The number of hydrogen-bond acceptors (Lipinski definition) is 5. The first-order valence-electron chi connectivity index (χ1n) is 7.06. The van der Waals surface area contributed by atoms with Crippen LogP contribution in [0.15, 0.2) is 47.4 Å². The molecule has 0 spiro atoms. The molecule has 24 heavy (non-hydrogen) atoms. The molecule has 0 unspecified atom stereocenters. The van der Waals surface area contributed by atoms with Crippen LogP contribution < -0.4 is 14.8 Å². The van der Waals surface area contributed by atoms with Gasteiger partial charge in [0.1, 0.15) is 17.3 Å². The number of anilines is 1. The molecular formula is C16H16ClN3O3S. The molecule has 2 aromatic carbocycles. The number of hydrogen-bond donors (Lipinski definition) is 2. The Morgan fingerprint density at radius 3 is 2.71 bits per heavy atom. The van der Waals surface area contributed by atoms with Gasteiger partial charge >= 0.3 is 0 Å². The van der Waals surface area contributed by atoms with Crippen molar-refractivity contribution < 1.29 is 13.2 Å². The number of nitriles is 1. The predicted octanol–water partition coefficient (Wildman–Crippen LogP) is 2.61. The van der Waals surface area contributed by atoms with Crippen LogP contribution in [0.5, 0.6) is 5.75 Å². The van der Waals surface area contributed by atoms with Crippen molar-refractivity contribution >= 4 is 27.3 Å². The molecular weight excluding hydrogens is 350 g/mol. The Morgan fingerprint density at radius 2 is 2.04 bits per heavy atom. The predicted molar refractivity (Wildman–Crippen MR) is 92.8 cm³/mol. The van der Waals surface area contributed by atoms with Crippen molar-refractivity contribution in [3.63, 3.8) is 0 Å². The maximum Gasteiger partial charge on any atom is 0.263 e. The second kappa shape index (κ2) is 8.02. The molecule has 0 heterocycles. The zero-order chi connectivity index (χ0) is 17.6. The van der Waals surface area contributed by atoms with Crippen LogP contribution >= 0.6 is 11.6 Å². The van der Waals surface area contributed by atoms with Gasteiger partial charge < -0.3 is 10.1 Å². The van der Waals surface area contributed by atoms with E-state index >= 15 is 0 Å². The largest absolute Gasteiger partial charge is 0.492 e. The molecule has 0 atom stereocenters. The highest BCUT2D eigenvalue weighted by molar-refractivity contribution is 7.92. The number of halogens is 1. The summed E-state index contributed by atoms with van der Waals surface area (Å²) in [7, 11) is -2.06. The van der Waals surface area contributed by atoms with Crippen LogP contribution in [0, 0.1) is 11.3 Å². The zero-order valence-electron chi connectivity index (χ0n) is 12.9. The lowest BCUT2D eigenvalue weighted by Gasteiger charge is -2.11. The van der Waals surface area contributed by atoms with E-state index in [1.165, 1.54) is 18.2 Å². The highest BCUT2D eigenvalue weighted by Gasteiger charge is 2.18.